The van der Waals surface area contributed by atoms with Crippen molar-refractivity contribution in [3.8, 4) is 5.69 Å². The molecule has 1 aromatic carbocycles. The maximum absolute atomic E-state index is 11.5. The number of aromatic amines is 1. The zero-order valence-electron chi connectivity index (χ0n) is 11.1. The number of benzene rings is 1. The molecule has 1 aromatic heterocycles. The summed E-state index contributed by atoms with van der Waals surface area (Å²) in [4.78, 5) is 14.2. The van der Waals surface area contributed by atoms with Crippen LogP contribution in [0.4, 0.5) is 5.69 Å². The van der Waals surface area contributed by atoms with Crippen LogP contribution in [0, 0.1) is 5.92 Å². The molecule has 0 aliphatic heterocycles. The van der Waals surface area contributed by atoms with E-state index in [9.17, 15) is 4.79 Å². The first-order valence-electron chi connectivity index (χ1n) is 6.87. The molecule has 4 heteroatoms. The second-order valence-corrected chi connectivity index (χ2v) is 5.34. The Morgan fingerprint density at radius 3 is 2.63 bits per heavy atom. The van der Waals surface area contributed by atoms with Gasteiger partial charge in [-0.1, -0.05) is 13.3 Å². The molecular formula is C15H19N3O. The normalized spacial score (nSPS) is 22.6. The number of anilines is 1. The monoisotopic (exact) mass is 257 g/mol. The maximum Gasteiger partial charge on any atom is 0.330 e. The standard InChI is InChI=1S/C15H19N3O/c1-11-3-2-4-14(11)17-12-5-7-13(8-6-12)18-10-9-16-15(18)19/h5-11,14,17H,2-4H2,1H3,(H,16,19). The van der Waals surface area contributed by atoms with Crippen LogP contribution < -0.4 is 11.0 Å². The smallest absolute Gasteiger partial charge is 0.330 e. The van der Waals surface area contributed by atoms with Gasteiger partial charge >= 0.3 is 5.69 Å². The van der Waals surface area contributed by atoms with Crippen LogP contribution in [0.1, 0.15) is 26.2 Å². The summed E-state index contributed by atoms with van der Waals surface area (Å²) in [6, 6.07) is 8.61. The van der Waals surface area contributed by atoms with Crippen molar-refractivity contribution in [2.45, 2.75) is 32.2 Å². The lowest BCUT2D eigenvalue weighted by atomic mass is 10.1. The number of rotatable bonds is 3. The van der Waals surface area contributed by atoms with Crippen LogP contribution >= 0.6 is 0 Å². The predicted octanol–water partition coefficient (Wildman–Crippen LogP) is 2.77. The maximum atomic E-state index is 11.5. The van der Waals surface area contributed by atoms with Crippen LogP contribution in [0.15, 0.2) is 41.5 Å². The number of aromatic nitrogens is 2. The van der Waals surface area contributed by atoms with Gasteiger partial charge in [0.15, 0.2) is 0 Å². The van der Waals surface area contributed by atoms with E-state index in [-0.39, 0.29) is 5.69 Å². The minimum absolute atomic E-state index is 0.106. The van der Waals surface area contributed by atoms with Gasteiger partial charge in [-0.2, -0.15) is 0 Å². The Bertz CT molecular complexity index is 596. The number of hydrogen-bond acceptors (Lipinski definition) is 2. The fourth-order valence-electron chi connectivity index (χ4n) is 2.82. The molecule has 19 heavy (non-hydrogen) atoms. The highest BCUT2D eigenvalue weighted by Gasteiger charge is 2.22. The molecule has 2 N–H and O–H groups in total. The Balaban J connectivity index is 1.76. The Hall–Kier alpha value is -1.97. The van der Waals surface area contributed by atoms with E-state index in [1.165, 1.54) is 19.3 Å². The van der Waals surface area contributed by atoms with Crippen molar-refractivity contribution in [1.29, 1.82) is 0 Å². The molecule has 1 heterocycles. The van der Waals surface area contributed by atoms with Crippen molar-refractivity contribution in [2.24, 2.45) is 5.92 Å². The highest BCUT2D eigenvalue weighted by molar-refractivity contribution is 5.49. The van der Waals surface area contributed by atoms with Gasteiger partial charge in [-0.15, -0.1) is 0 Å². The third-order valence-corrected chi connectivity index (χ3v) is 4.01. The van der Waals surface area contributed by atoms with Gasteiger partial charge in [-0.3, -0.25) is 4.57 Å². The molecule has 2 unspecified atom stereocenters. The van der Waals surface area contributed by atoms with Gasteiger partial charge in [0, 0.05) is 24.1 Å². The second kappa shape index (κ2) is 4.96. The van der Waals surface area contributed by atoms with E-state index >= 15 is 0 Å². The van der Waals surface area contributed by atoms with E-state index in [4.69, 9.17) is 0 Å². The Labute approximate surface area is 112 Å². The highest BCUT2D eigenvalue weighted by Crippen LogP contribution is 2.28. The summed E-state index contributed by atoms with van der Waals surface area (Å²) in [5.41, 5.74) is 1.91. The van der Waals surface area contributed by atoms with Crippen LogP contribution in [0.5, 0.6) is 0 Å². The molecule has 0 bridgehead atoms. The number of H-pyrrole nitrogens is 1. The molecule has 2 aromatic rings. The zero-order valence-corrected chi connectivity index (χ0v) is 11.1. The van der Waals surface area contributed by atoms with Crippen LogP contribution in [-0.2, 0) is 0 Å². The van der Waals surface area contributed by atoms with E-state index in [1.807, 2.05) is 24.3 Å². The van der Waals surface area contributed by atoms with Gasteiger partial charge < -0.3 is 10.3 Å². The molecule has 0 radical (unpaired) electrons. The first-order valence-corrected chi connectivity index (χ1v) is 6.87. The van der Waals surface area contributed by atoms with Crippen LogP contribution in [0.25, 0.3) is 5.69 Å². The molecule has 1 aliphatic rings. The van der Waals surface area contributed by atoms with Gasteiger partial charge in [0.2, 0.25) is 0 Å². The predicted molar refractivity (Wildman–Crippen MR) is 76.8 cm³/mol. The van der Waals surface area contributed by atoms with Gasteiger partial charge in [0.1, 0.15) is 0 Å². The van der Waals surface area contributed by atoms with Gasteiger partial charge in [-0.05, 0) is 43.0 Å². The molecule has 4 nitrogen and oxygen atoms in total. The summed E-state index contributed by atoms with van der Waals surface area (Å²) in [7, 11) is 0. The summed E-state index contributed by atoms with van der Waals surface area (Å²) >= 11 is 0. The minimum atomic E-state index is -0.106. The largest absolute Gasteiger partial charge is 0.382 e. The van der Waals surface area contributed by atoms with E-state index in [2.05, 4.69) is 17.2 Å². The molecule has 100 valence electrons. The van der Waals surface area contributed by atoms with E-state index in [0.29, 0.717) is 6.04 Å². The summed E-state index contributed by atoms with van der Waals surface area (Å²) in [5, 5.41) is 3.58. The molecule has 3 rings (SSSR count). The van der Waals surface area contributed by atoms with Gasteiger partial charge in [-0.25, -0.2) is 4.79 Å². The number of nitrogens with zero attached hydrogens (tertiary/aromatic N) is 1. The third-order valence-electron chi connectivity index (χ3n) is 4.01. The fourth-order valence-corrected chi connectivity index (χ4v) is 2.82. The molecule has 1 aliphatic carbocycles. The summed E-state index contributed by atoms with van der Waals surface area (Å²) in [5.74, 6) is 0.743. The lowest BCUT2D eigenvalue weighted by Gasteiger charge is -2.18. The van der Waals surface area contributed by atoms with Gasteiger partial charge in [0.05, 0.1) is 5.69 Å². The molecule has 1 fully saturated rings. The molecule has 2 atom stereocenters. The molecule has 0 spiro atoms. The first-order chi connectivity index (χ1) is 9.24. The van der Waals surface area contributed by atoms with Crippen molar-refractivity contribution in [3.63, 3.8) is 0 Å². The Kier molecular flexibility index (Phi) is 3.15. The fraction of sp³-hybridized carbons (Fsp3) is 0.400. The second-order valence-electron chi connectivity index (χ2n) is 5.34. The minimum Gasteiger partial charge on any atom is -0.382 e. The Morgan fingerprint density at radius 1 is 1.26 bits per heavy atom. The van der Waals surface area contributed by atoms with E-state index in [0.717, 1.165) is 17.3 Å². The van der Waals surface area contributed by atoms with Crippen molar-refractivity contribution in [3.05, 3.63) is 47.1 Å². The molecule has 0 saturated heterocycles. The van der Waals surface area contributed by atoms with Crippen molar-refractivity contribution < 1.29 is 0 Å². The topological polar surface area (TPSA) is 49.8 Å². The molecular weight excluding hydrogens is 238 g/mol. The van der Waals surface area contributed by atoms with Crippen LogP contribution in [-0.4, -0.2) is 15.6 Å². The van der Waals surface area contributed by atoms with E-state index in [1.54, 1.807) is 17.0 Å². The lowest BCUT2D eigenvalue weighted by molar-refractivity contribution is 0.556. The summed E-state index contributed by atoms with van der Waals surface area (Å²) in [6.07, 6.45) is 7.27. The number of hydrogen-bond donors (Lipinski definition) is 2. The van der Waals surface area contributed by atoms with Crippen LogP contribution in [0.2, 0.25) is 0 Å². The van der Waals surface area contributed by atoms with Crippen molar-refractivity contribution in [2.75, 3.05) is 5.32 Å². The zero-order chi connectivity index (χ0) is 13.2. The molecule has 0 amide bonds. The molecule has 1 saturated carbocycles. The summed E-state index contributed by atoms with van der Waals surface area (Å²) in [6.45, 7) is 2.30. The first kappa shape index (κ1) is 12.1. The van der Waals surface area contributed by atoms with E-state index < -0.39 is 0 Å². The van der Waals surface area contributed by atoms with Crippen molar-refractivity contribution in [1.82, 2.24) is 9.55 Å². The average Bonchev–Trinajstić information content (AvgIpc) is 3.00. The SMILES string of the molecule is CC1CCCC1Nc1ccc(-n2cc[nH]c2=O)cc1. The summed E-state index contributed by atoms with van der Waals surface area (Å²) < 4.78 is 1.60. The quantitative estimate of drug-likeness (QED) is 0.888. The van der Waals surface area contributed by atoms with Gasteiger partial charge in [0.25, 0.3) is 0 Å². The third kappa shape index (κ3) is 2.43. The van der Waals surface area contributed by atoms with Crippen LogP contribution in [0.3, 0.4) is 0 Å². The lowest BCUT2D eigenvalue weighted by Crippen LogP contribution is -2.21. The van der Waals surface area contributed by atoms with Crippen molar-refractivity contribution >= 4 is 5.69 Å². The number of nitrogens with one attached hydrogen (secondary N) is 2. The number of imidazole rings is 1. The average molecular weight is 257 g/mol. The Morgan fingerprint density at radius 2 is 2.05 bits per heavy atom. The highest BCUT2D eigenvalue weighted by atomic mass is 16.1.